The Kier molecular flexibility index (Phi) is 3.33. The average molecular weight is 289 g/mol. The Morgan fingerprint density at radius 2 is 2.00 bits per heavy atom. The molecule has 0 unspecified atom stereocenters. The van der Waals surface area contributed by atoms with Crippen LogP contribution in [0.25, 0.3) is 0 Å². The molecule has 0 aliphatic carbocycles. The molecular formula is C10H6Cl2N2O2S. The summed E-state index contributed by atoms with van der Waals surface area (Å²) in [4.78, 5) is 24.0. The van der Waals surface area contributed by atoms with Gasteiger partial charge in [-0.3, -0.25) is 14.5 Å². The van der Waals surface area contributed by atoms with Gasteiger partial charge in [0.05, 0.1) is 15.7 Å². The van der Waals surface area contributed by atoms with Crippen LogP contribution >= 0.6 is 35.4 Å². The monoisotopic (exact) mass is 288 g/mol. The molecule has 0 radical (unpaired) electrons. The van der Waals surface area contributed by atoms with Crippen molar-refractivity contribution in [2.45, 2.75) is 6.42 Å². The standard InChI is InChI=1S/C10H6Cl2N2O2S/c11-5-2-1-3-6(9(5)12)14-8(16)4-7(15)13-10(14)17/h1-3H,4H2,(H,13,15,17). The van der Waals surface area contributed by atoms with E-state index in [1.54, 1.807) is 18.2 Å². The fourth-order valence-corrected chi connectivity index (χ4v) is 2.15. The number of carbonyl (C=O) groups is 2. The van der Waals surface area contributed by atoms with Gasteiger partial charge in [0, 0.05) is 0 Å². The minimum atomic E-state index is -0.428. The number of hydrogen-bond acceptors (Lipinski definition) is 3. The molecule has 0 aromatic heterocycles. The van der Waals surface area contributed by atoms with Crippen molar-refractivity contribution >= 4 is 58.0 Å². The first kappa shape index (κ1) is 12.3. The van der Waals surface area contributed by atoms with Crippen LogP contribution in [-0.4, -0.2) is 16.9 Å². The van der Waals surface area contributed by atoms with Gasteiger partial charge in [-0.05, 0) is 24.4 Å². The largest absolute Gasteiger partial charge is 0.302 e. The molecule has 17 heavy (non-hydrogen) atoms. The molecule has 1 aliphatic rings. The lowest BCUT2D eigenvalue weighted by molar-refractivity contribution is -0.127. The Morgan fingerprint density at radius 1 is 1.29 bits per heavy atom. The number of halogens is 2. The van der Waals surface area contributed by atoms with E-state index in [1.165, 1.54) is 4.90 Å². The third kappa shape index (κ3) is 2.26. The molecule has 0 bridgehead atoms. The van der Waals surface area contributed by atoms with Crippen LogP contribution < -0.4 is 10.2 Å². The van der Waals surface area contributed by atoms with E-state index in [-0.39, 0.29) is 16.6 Å². The van der Waals surface area contributed by atoms with Crippen LogP contribution in [-0.2, 0) is 9.59 Å². The van der Waals surface area contributed by atoms with Crippen LogP contribution in [0.15, 0.2) is 18.2 Å². The summed E-state index contributed by atoms with van der Waals surface area (Å²) >= 11 is 16.8. The van der Waals surface area contributed by atoms with E-state index in [1.807, 2.05) is 0 Å². The van der Waals surface area contributed by atoms with Crippen LogP contribution in [0.2, 0.25) is 10.0 Å². The Hall–Kier alpha value is -1.17. The van der Waals surface area contributed by atoms with Crippen molar-refractivity contribution in [3.63, 3.8) is 0 Å². The van der Waals surface area contributed by atoms with Gasteiger partial charge in [-0.1, -0.05) is 29.3 Å². The quantitative estimate of drug-likeness (QED) is 0.636. The van der Waals surface area contributed by atoms with Crippen LogP contribution in [0.4, 0.5) is 5.69 Å². The smallest absolute Gasteiger partial charge is 0.242 e. The van der Waals surface area contributed by atoms with Gasteiger partial charge in [0.25, 0.3) is 0 Å². The zero-order valence-electron chi connectivity index (χ0n) is 8.37. The van der Waals surface area contributed by atoms with Crippen molar-refractivity contribution in [1.82, 2.24) is 5.32 Å². The molecule has 0 atom stereocenters. The zero-order chi connectivity index (χ0) is 12.6. The SMILES string of the molecule is O=C1CC(=O)N(c2cccc(Cl)c2Cl)C(=S)N1. The lowest BCUT2D eigenvalue weighted by Gasteiger charge is -2.28. The number of amides is 2. The van der Waals surface area contributed by atoms with E-state index in [2.05, 4.69) is 5.32 Å². The number of nitrogens with zero attached hydrogens (tertiary/aromatic N) is 1. The van der Waals surface area contributed by atoms with Crippen molar-refractivity contribution in [2.24, 2.45) is 0 Å². The second-order valence-corrected chi connectivity index (χ2v) is 4.50. The molecule has 2 rings (SSSR count). The lowest BCUT2D eigenvalue weighted by atomic mass is 10.2. The van der Waals surface area contributed by atoms with Crippen LogP contribution in [0.3, 0.4) is 0 Å². The predicted octanol–water partition coefficient (Wildman–Crippen LogP) is 2.13. The van der Waals surface area contributed by atoms with Gasteiger partial charge in [0.2, 0.25) is 11.8 Å². The maximum atomic E-state index is 11.8. The van der Waals surface area contributed by atoms with Gasteiger partial charge in [0.15, 0.2) is 5.11 Å². The molecule has 0 spiro atoms. The molecule has 2 amide bonds. The van der Waals surface area contributed by atoms with Crippen molar-refractivity contribution in [3.05, 3.63) is 28.2 Å². The number of nitrogens with one attached hydrogen (secondary N) is 1. The fraction of sp³-hybridized carbons (Fsp3) is 0.100. The van der Waals surface area contributed by atoms with Crippen molar-refractivity contribution in [2.75, 3.05) is 4.90 Å². The molecule has 4 nitrogen and oxygen atoms in total. The van der Waals surface area contributed by atoms with E-state index in [9.17, 15) is 9.59 Å². The molecule has 7 heteroatoms. The molecular weight excluding hydrogens is 283 g/mol. The fourth-order valence-electron chi connectivity index (χ4n) is 1.46. The molecule has 0 saturated carbocycles. The van der Waals surface area contributed by atoms with Gasteiger partial charge < -0.3 is 5.32 Å². The highest BCUT2D eigenvalue weighted by Crippen LogP contribution is 2.33. The summed E-state index contributed by atoms with van der Waals surface area (Å²) in [6.45, 7) is 0. The summed E-state index contributed by atoms with van der Waals surface area (Å²) in [5.41, 5.74) is 0.370. The number of carbonyl (C=O) groups excluding carboxylic acids is 2. The zero-order valence-corrected chi connectivity index (χ0v) is 10.7. The Morgan fingerprint density at radius 3 is 2.65 bits per heavy atom. The van der Waals surface area contributed by atoms with E-state index in [0.29, 0.717) is 10.7 Å². The van der Waals surface area contributed by atoms with Gasteiger partial charge >= 0.3 is 0 Å². The summed E-state index contributed by atoms with van der Waals surface area (Å²) in [5, 5.41) is 2.95. The van der Waals surface area contributed by atoms with E-state index in [4.69, 9.17) is 35.4 Å². The van der Waals surface area contributed by atoms with Crippen molar-refractivity contribution in [1.29, 1.82) is 0 Å². The van der Waals surface area contributed by atoms with Gasteiger partial charge in [-0.25, -0.2) is 0 Å². The highest BCUT2D eigenvalue weighted by Gasteiger charge is 2.30. The molecule has 1 aromatic carbocycles. The lowest BCUT2D eigenvalue weighted by Crippen LogP contribution is -2.52. The summed E-state index contributed by atoms with van der Waals surface area (Å²) in [5.74, 6) is -0.850. The maximum absolute atomic E-state index is 11.8. The first-order valence-electron chi connectivity index (χ1n) is 4.61. The molecule has 1 saturated heterocycles. The normalized spacial score (nSPS) is 16.1. The van der Waals surface area contributed by atoms with E-state index >= 15 is 0 Å². The highest BCUT2D eigenvalue weighted by atomic mass is 35.5. The van der Waals surface area contributed by atoms with E-state index < -0.39 is 11.8 Å². The van der Waals surface area contributed by atoms with Crippen molar-refractivity contribution < 1.29 is 9.59 Å². The average Bonchev–Trinajstić information content (AvgIpc) is 2.23. The summed E-state index contributed by atoms with van der Waals surface area (Å²) < 4.78 is 0. The molecule has 88 valence electrons. The summed E-state index contributed by atoms with van der Waals surface area (Å²) in [6.07, 6.45) is -0.261. The number of anilines is 1. The van der Waals surface area contributed by atoms with Crippen molar-refractivity contribution in [3.8, 4) is 0 Å². The van der Waals surface area contributed by atoms with Gasteiger partial charge in [0.1, 0.15) is 6.42 Å². The Balaban J connectivity index is 2.46. The minimum Gasteiger partial charge on any atom is -0.302 e. The number of thiocarbonyl (C=S) groups is 1. The van der Waals surface area contributed by atoms with Gasteiger partial charge in [-0.2, -0.15) is 0 Å². The van der Waals surface area contributed by atoms with Crippen LogP contribution in [0.1, 0.15) is 6.42 Å². The molecule has 1 aromatic rings. The third-order valence-corrected chi connectivity index (χ3v) is 3.28. The second-order valence-electron chi connectivity index (χ2n) is 3.33. The molecule has 1 aliphatic heterocycles. The Labute approximate surface area is 112 Å². The third-order valence-electron chi connectivity index (χ3n) is 2.18. The first-order chi connectivity index (χ1) is 8.00. The molecule has 1 fully saturated rings. The first-order valence-corrected chi connectivity index (χ1v) is 5.78. The summed E-state index contributed by atoms with van der Waals surface area (Å²) in [7, 11) is 0. The number of rotatable bonds is 1. The van der Waals surface area contributed by atoms with Crippen LogP contribution in [0.5, 0.6) is 0 Å². The summed E-state index contributed by atoms with van der Waals surface area (Å²) in [6, 6.07) is 4.86. The van der Waals surface area contributed by atoms with Crippen LogP contribution in [0, 0.1) is 0 Å². The minimum absolute atomic E-state index is 0.00965. The molecule has 1 heterocycles. The number of benzene rings is 1. The topological polar surface area (TPSA) is 49.4 Å². The molecule has 1 N–H and O–H groups in total. The van der Waals surface area contributed by atoms with E-state index in [0.717, 1.165) is 0 Å². The second kappa shape index (κ2) is 4.60. The van der Waals surface area contributed by atoms with Gasteiger partial charge in [-0.15, -0.1) is 0 Å². The highest BCUT2D eigenvalue weighted by molar-refractivity contribution is 7.80. The number of hydrogen-bond donors (Lipinski definition) is 1. The maximum Gasteiger partial charge on any atom is 0.242 e. The predicted molar refractivity (Wildman–Crippen MR) is 69.3 cm³/mol. The Bertz CT molecular complexity index is 513.